The number of aryl methyl sites for hydroxylation is 3. The van der Waals surface area contributed by atoms with Crippen molar-refractivity contribution in [3.63, 3.8) is 0 Å². The number of halogens is 2. The van der Waals surface area contributed by atoms with E-state index in [2.05, 4.69) is 5.10 Å². The van der Waals surface area contributed by atoms with Crippen LogP contribution in [-0.4, -0.2) is 9.78 Å². The minimum absolute atomic E-state index is 0.190. The third-order valence-corrected chi connectivity index (χ3v) is 2.70. The summed E-state index contributed by atoms with van der Waals surface area (Å²) in [5.74, 6) is 0. The predicted molar refractivity (Wildman–Crippen MR) is 62.7 cm³/mol. The first-order valence-corrected chi connectivity index (χ1v) is 5.41. The molecular weight excluding hydrogens is 222 g/mol. The normalized spacial score (nSPS) is 11.2. The molecule has 0 spiro atoms. The maximum Gasteiger partial charge on any atom is 0.282 e. The number of benzene rings is 1. The fourth-order valence-corrected chi connectivity index (χ4v) is 2.11. The summed E-state index contributed by atoms with van der Waals surface area (Å²) in [6.07, 6.45) is -0.950. The van der Waals surface area contributed by atoms with Gasteiger partial charge in [0.25, 0.3) is 6.43 Å². The summed E-state index contributed by atoms with van der Waals surface area (Å²) < 4.78 is 26.5. The lowest BCUT2D eigenvalue weighted by Crippen LogP contribution is -2.02. The van der Waals surface area contributed by atoms with E-state index in [-0.39, 0.29) is 5.69 Å². The molecule has 2 rings (SSSR count). The highest BCUT2D eigenvalue weighted by Crippen LogP contribution is 2.22. The van der Waals surface area contributed by atoms with E-state index in [0.29, 0.717) is 0 Å². The van der Waals surface area contributed by atoms with Crippen LogP contribution in [0.5, 0.6) is 0 Å². The third kappa shape index (κ3) is 2.20. The summed E-state index contributed by atoms with van der Waals surface area (Å²) >= 11 is 0. The molecule has 1 heterocycles. The molecule has 17 heavy (non-hydrogen) atoms. The van der Waals surface area contributed by atoms with E-state index >= 15 is 0 Å². The standard InChI is InChI=1S/C13H14F2N2/c1-8-6-9(2)12(10(3)7-8)17-5-4-11(16-17)13(14)15/h4-7,13H,1-3H3. The van der Waals surface area contributed by atoms with Crippen LogP contribution in [0.15, 0.2) is 24.4 Å². The zero-order valence-corrected chi connectivity index (χ0v) is 10.0. The molecule has 2 aromatic rings. The van der Waals surface area contributed by atoms with Crippen LogP contribution in [0.25, 0.3) is 5.69 Å². The van der Waals surface area contributed by atoms with Gasteiger partial charge in [-0.05, 0) is 38.0 Å². The Labute approximate surface area is 98.9 Å². The molecule has 0 fully saturated rings. The summed E-state index contributed by atoms with van der Waals surface area (Å²) in [6, 6.07) is 5.39. The van der Waals surface area contributed by atoms with Gasteiger partial charge in [-0.25, -0.2) is 13.5 Å². The molecule has 0 N–H and O–H groups in total. The van der Waals surface area contributed by atoms with Crippen molar-refractivity contribution >= 4 is 0 Å². The first-order chi connectivity index (χ1) is 7.99. The molecule has 4 heteroatoms. The van der Waals surface area contributed by atoms with Crippen LogP contribution in [0.2, 0.25) is 0 Å². The molecular formula is C13H14F2N2. The molecule has 1 aromatic carbocycles. The molecule has 0 atom stereocenters. The molecule has 0 aliphatic carbocycles. The second-order valence-corrected chi connectivity index (χ2v) is 4.23. The average Bonchev–Trinajstić information content (AvgIpc) is 2.65. The van der Waals surface area contributed by atoms with E-state index < -0.39 is 6.43 Å². The number of hydrogen-bond acceptors (Lipinski definition) is 1. The fourth-order valence-electron chi connectivity index (χ4n) is 2.11. The monoisotopic (exact) mass is 236 g/mol. The van der Waals surface area contributed by atoms with Gasteiger partial charge in [-0.15, -0.1) is 0 Å². The van der Waals surface area contributed by atoms with Crippen molar-refractivity contribution < 1.29 is 8.78 Å². The lowest BCUT2D eigenvalue weighted by atomic mass is 10.1. The van der Waals surface area contributed by atoms with Gasteiger partial charge in [0, 0.05) is 6.20 Å². The minimum Gasteiger partial charge on any atom is -0.240 e. The summed E-state index contributed by atoms with van der Waals surface area (Å²) in [6.45, 7) is 5.93. The Morgan fingerprint density at radius 1 is 1.12 bits per heavy atom. The Kier molecular flexibility index (Phi) is 2.96. The molecule has 0 unspecified atom stereocenters. The number of alkyl halides is 2. The van der Waals surface area contributed by atoms with Crippen molar-refractivity contribution in [3.05, 3.63) is 46.8 Å². The van der Waals surface area contributed by atoms with Gasteiger partial charge in [-0.1, -0.05) is 17.7 Å². The Morgan fingerprint density at radius 3 is 2.18 bits per heavy atom. The first kappa shape index (κ1) is 11.8. The van der Waals surface area contributed by atoms with E-state index in [0.717, 1.165) is 22.4 Å². The van der Waals surface area contributed by atoms with Crippen molar-refractivity contribution in [3.8, 4) is 5.69 Å². The molecule has 0 amide bonds. The molecule has 0 aliphatic heterocycles. The Morgan fingerprint density at radius 2 is 1.71 bits per heavy atom. The minimum atomic E-state index is -2.53. The molecule has 0 aliphatic rings. The van der Waals surface area contributed by atoms with Crippen molar-refractivity contribution in [1.82, 2.24) is 9.78 Å². The second-order valence-electron chi connectivity index (χ2n) is 4.23. The summed E-state index contributed by atoms with van der Waals surface area (Å²) in [5, 5.41) is 3.90. The van der Waals surface area contributed by atoms with Gasteiger partial charge in [0.05, 0.1) is 5.69 Å². The summed E-state index contributed by atoms with van der Waals surface area (Å²) in [4.78, 5) is 0. The van der Waals surface area contributed by atoms with E-state index in [9.17, 15) is 8.78 Å². The smallest absolute Gasteiger partial charge is 0.240 e. The number of nitrogens with zero attached hydrogens (tertiary/aromatic N) is 2. The molecule has 0 saturated carbocycles. The summed E-state index contributed by atoms with van der Waals surface area (Å²) in [5.41, 5.74) is 3.91. The Bertz CT molecular complexity index is 521. The molecule has 0 bridgehead atoms. The van der Waals surface area contributed by atoms with Gasteiger partial charge in [0.15, 0.2) is 0 Å². The zero-order valence-electron chi connectivity index (χ0n) is 10.0. The van der Waals surface area contributed by atoms with Crippen LogP contribution in [-0.2, 0) is 0 Å². The van der Waals surface area contributed by atoms with Gasteiger partial charge in [0.1, 0.15) is 5.69 Å². The average molecular weight is 236 g/mol. The van der Waals surface area contributed by atoms with Crippen molar-refractivity contribution in [2.24, 2.45) is 0 Å². The molecule has 1 aromatic heterocycles. The highest BCUT2D eigenvalue weighted by Gasteiger charge is 2.13. The van der Waals surface area contributed by atoms with Crippen molar-refractivity contribution in [1.29, 1.82) is 0 Å². The van der Waals surface area contributed by atoms with Crippen LogP contribution < -0.4 is 0 Å². The topological polar surface area (TPSA) is 17.8 Å². The van der Waals surface area contributed by atoms with Gasteiger partial charge in [0.2, 0.25) is 0 Å². The predicted octanol–water partition coefficient (Wildman–Crippen LogP) is 3.74. The van der Waals surface area contributed by atoms with Crippen LogP contribution in [0, 0.1) is 20.8 Å². The van der Waals surface area contributed by atoms with E-state index in [4.69, 9.17) is 0 Å². The van der Waals surface area contributed by atoms with Crippen molar-refractivity contribution in [2.45, 2.75) is 27.2 Å². The summed E-state index contributed by atoms with van der Waals surface area (Å²) in [7, 11) is 0. The second kappa shape index (κ2) is 4.28. The lowest BCUT2D eigenvalue weighted by Gasteiger charge is -2.11. The van der Waals surface area contributed by atoms with Crippen LogP contribution in [0.4, 0.5) is 8.78 Å². The lowest BCUT2D eigenvalue weighted by molar-refractivity contribution is 0.145. The largest absolute Gasteiger partial charge is 0.282 e. The molecule has 0 radical (unpaired) electrons. The zero-order chi connectivity index (χ0) is 12.6. The van der Waals surface area contributed by atoms with E-state index in [1.807, 2.05) is 32.9 Å². The van der Waals surface area contributed by atoms with E-state index in [1.165, 1.54) is 10.7 Å². The number of aromatic nitrogens is 2. The highest BCUT2D eigenvalue weighted by atomic mass is 19.3. The molecule has 90 valence electrons. The van der Waals surface area contributed by atoms with Crippen LogP contribution >= 0.6 is 0 Å². The van der Waals surface area contributed by atoms with Gasteiger partial charge in [-0.3, -0.25) is 0 Å². The Balaban J connectivity index is 2.52. The van der Waals surface area contributed by atoms with Gasteiger partial charge < -0.3 is 0 Å². The van der Waals surface area contributed by atoms with Crippen LogP contribution in [0.3, 0.4) is 0 Å². The van der Waals surface area contributed by atoms with Gasteiger partial charge >= 0.3 is 0 Å². The highest BCUT2D eigenvalue weighted by molar-refractivity contribution is 5.48. The maximum absolute atomic E-state index is 12.5. The number of rotatable bonds is 2. The van der Waals surface area contributed by atoms with E-state index in [1.54, 1.807) is 6.20 Å². The van der Waals surface area contributed by atoms with Crippen molar-refractivity contribution in [2.75, 3.05) is 0 Å². The Hall–Kier alpha value is -1.71. The fraction of sp³-hybridized carbons (Fsp3) is 0.308. The molecule has 2 nitrogen and oxygen atoms in total. The number of hydrogen-bond donors (Lipinski definition) is 0. The first-order valence-electron chi connectivity index (χ1n) is 5.41. The SMILES string of the molecule is Cc1cc(C)c(-n2ccc(C(F)F)n2)c(C)c1. The van der Waals surface area contributed by atoms with Crippen LogP contribution in [0.1, 0.15) is 28.8 Å². The third-order valence-electron chi connectivity index (χ3n) is 2.70. The van der Waals surface area contributed by atoms with Gasteiger partial charge in [-0.2, -0.15) is 5.10 Å². The quantitative estimate of drug-likeness (QED) is 0.776. The maximum atomic E-state index is 12.5. The molecule has 0 saturated heterocycles.